The van der Waals surface area contributed by atoms with E-state index >= 15 is 0 Å². The van der Waals surface area contributed by atoms with E-state index in [1.165, 1.54) is 4.88 Å². The van der Waals surface area contributed by atoms with Gasteiger partial charge in [-0.25, -0.2) is 4.98 Å². The summed E-state index contributed by atoms with van der Waals surface area (Å²) < 4.78 is 5.88. The second kappa shape index (κ2) is 6.30. The third kappa shape index (κ3) is 2.98. The molecule has 1 atom stereocenters. The number of hydrogen-bond donors (Lipinski definition) is 1. The molecular weight excluding hydrogens is 272 g/mol. The van der Waals surface area contributed by atoms with Crippen LogP contribution in [0, 0.1) is 0 Å². The maximum Gasteiger partial charge on any atom is 0.150 e. The molecule has 1 aliphatic heterocycles. The summed E-state index contributed by atoms with van der Waals surface area (Å²) in [6.45, 7) is 3.53. The van der Waals surface area contributed by atoms with Crippen LogP contribution < -0.4 is 5.32 Å². The number of hydrogen-bond acceptors (Lipinski definition) is 6. The molecule has 1 fully saturated rings. The highest BCUT2D eigenvalue weighted by atomic mass is 32.1. The van der Waals surface area contributed by atoms with Gasteiger partial charge in [0.2, 0.25) is 0 Å². The molecule has 3 rings (SSSR count). The van der Waals surface area contributed by atoms with Crippen molar-refractivity contribution in [2.75, 3.05) is 32.1 Å². The number of nitrogens with zero attached hydrogens (tertiary/aromatic N) is 3. The number of ether oxygens (including phenoxy) is 1. The first-order valence-corrected chi connectivity index (χ1v) is 7.60. The molecule has 6 heteroatoms. The van der Waals surface area contributed by atoms with Gasteiger partial charge >= 0.3 is 0 Å². The van der Waals surface area contributed by atoms with Gasteiger partial charge in [-0.1, -0.05) is 6.07 Å². The normalized spacial score (nSPS) is 19.9. The fraction of sp³-hybridized carbons (Fsp3) is 0.429. The summed E-state index contributed by atoms with van der Waals surface area (Å²) in [4.78, 5) is 12.5. The highest BCUT2D eigenvalue weighted by Gasteiger charge is 2.25. The Kier molecular flexibility index (Phi) is 4.25. The molecule has 1 saturated heterocycles. The number of nitrogens with one attached hydrogen (secondary N) is 1. The van der Waals surface area contributed by atoms with Crippen molar-refractivity contribution in [3.8, 4) is 0 Å². The Balaban J connectivity index is 1.71. The molecule has 0 spiro atoms. The van der Waals surface area contributed by atoms with Crippen LogP contribution >= 0.6 is 11.3 Å². The van der Waals surface area contributed by atoms with Crippen molar-refractivity contribution >= 4 is 17.2 Å². The molecule has 0 radical (unpaired) electrons. The number of anilines is 1. The van der Waals surface area contributed by atoms with Gasteiger partial charge in [0.05, 0.1) is 6.61 Å². The Morgan fingerprint density at radius 2 is 2.35 bits per heavy atom. The summed E-state index contributed by atoms with van der Waals surface area (Å²) in [5.41, 5.74) is 0.894. The van der Waals surface area contributed by atoms with Crippen LogP contribution in [0.4, 0.5) is 5.82 Å². The Morgan fingerprint density at radius 3 is 3.15 bits per heavy atom. The Morgan fingerprint density at radius 1 is 1.45 bits per heavy atom. The highest BCUT2D eigenvalue weighted by molar-refractivity contribution is 7.09. The van der Waals surface area contributed by atoms with Crippen molar-refractivity contribution in [2.24, 2.45) is 0 Å². The van der Waals surface area contributed by atoms with Gasteiger partial charge in [0.15, 0.2) is 0 Å². The number of aromatic nitrogens is 2. The first-order chi connectivity index (χ1) is 9.86. The molecule has 0 aromatic carbocycles. The lowest BCUT2D eigenvalue weighted by Gasteiger charge is -2.32. The van der Waals surface area contributed by atoms with Crippen LogP contribution in [-0.4, -0.2) is 41.6 Å². The van der Waals surface area contributed by atoms with Gasteiger partial charge in [0.1, 0.15) is 17.6 Å². The van der Waals surface area contributed by atoms with Gasteiger partial charge in [-0.15, -0.1) is 11.3 Å². The monoisotopic (exact) mass is 290 g/mol. The van der Waals surface area contributed by atoms with E-state index in [1.54, 1.807) is 23.7 Å². The minimum atomic E-state index is -0.0140. The highest BCUT2D eigenvalue weighted by Crippen LogP contribution is 2.26. The fourth-order valence-corrected chi connectivity index (χ4v) is 3.16. The quantitative estimate of drug-likeness (QED) is 0.935. The summed E-state index contributed by atoms with van der Waals surface area (Å²) in [6.07, 6.45) is 3.40. The summed E-state index contributed by atoms with van der Waals surface area (Å²) in [5.74, 6) is 0.801. The van der Waals surface area contributed by atoms with Crippen LogP contribution in [0.5, 0.6) is 0 Å². The SMILES string of the molecule is CNc1nccnc1[C@H]1CN(Cc2cccs2)CCO1. The minimum Gasteiger partial charge on any atom is -0.372 e. The van der Waals surface area contributed by atoms with Crippen molar-refractivity contribution < 1.29 is 4.74 Å². The third-order valence-electron chi connectivity index (χ3n) is 3.38. The number of thiophene rings is 1. The van der Waals surface area contributed by atoms with Crippen molar-refractivity contribution in [3.05, 3.63) is 40.5 Å². The topological polar surface area (TPSA) is 50.3 Å². The van der Waals surface area contributed by atoms with Crippen molar-refractivity contribution in [3.63, 3.8) is 0 Å². The van der Waals surface area contributed by atoms with Crippen LogP contribution in [-0.2, 0) is 11.3 Å². The summed E-state index contributed by atoms with van der Waals surface area (Å²) in [5, 5.41) is 5.20. The van der Waals surface area contributed by atoms with Crippen LogP contribution in [0.1, 0.15) is 16.7 Å². The van der Waals surface area contributed by atoms with E-state index in [0.717, 1.165) is 37.8 Å². The van der Waals surface area contributed by atoms with Gasteiger partial charge in [-0.05, 0) is 11.4 Å². The first-order valence-electron chi connectivity index (χ1n) is 6.72. The molecule has 0 bridgehead atoms. The zero-order valence-corrected chi connectivity index (χ0v) is 12.3. The van der Waals surface area contributed by atoms with E-state index in [1.807, 2.05) is 7.05 Å². The Bertz CT molecular complexity index is 546. The first kappa shape index (κ1) is 13.5. The zero-order chi connectivity index (χ0) is 13.8. The standard InChI is InChI=1S/C14H18N4OS/c1-15-14-13(16-4-5-17-14)12-10-18(6-7-19-12)9-11-3-2-8-20-11/h2-5,8,12H,6-7,9-10H2,1H3,(H,15,17)/t12-/m1/s1. The molecule has 3 heterocycles. The smallest absolute Gasteiger partial charge is 0.150 e. The van der Waals surface area contributed by atoms with Gasteiger partial charge < -0.3 is 10.1 Å². The number of rotatable bonds is 4. The molecule has 20 heavy (non-hydrogen) atoms. The molecular formula is C14H18N4OS. The lowest BCUT2D eigenvalue weighted by molar-refractivity contribution is -0.0344. The van der Waals surface area contributed by atoms with Gasteiger partial charge in [-0.3, -0.25) is 9.88 Å². The lowest BCUT2D eigenvalue weighted by Crippen LogP contribution is -2.38. The molecule has 1 N–H and O–H groups in total. The maximum absolute atomic E-state index is 5.88. The fourth-order valence-electron chi connectivity index (χ4n) is 2.41. The van der Waals surface area contributed by atoms with Crippen LogP contribution in [0.15, 0.2) is 29.9 Å². The van der Waals surface area contributed by atoms with Gasteiger partial charge in [-0.2, -0.15) is 0 Å². The van der Waals surface area contributed by atoms with Crippen LogP contribution in [0.2, 0.25) is 0 Å². The van der Waals surface area contributed by atoms with E-state index in [9.17, 15) is 0 Å². The molecule has 2 aromatic heterocycles. The summed E-state index contributed by atoms with van der Waals surface area (Å²) >= 11 is 1.80. The molecule has 1 aliphatic rings. The lowest BCUT2D eigenvalue weighted by atomic mass is 10.2. The molecule has 0 aliphatic carbocycles. The average Bonchev–Trinajstić information content (AvgIpc) is 3.00. The van der Waals surface area contributed by atoms with E-state index in [-0.39, 0.29) is 6.10 Å². The molecule has 2 aromatic rings. The number of morpholine rings is 1. The zero-order valence-electron chi connectivity index (χ0n) is 11.5. The van der Waals surface area contributed by atoms with E-state index in [4.69, 9.17) is 4.74 Å². The minimum absolute atomic E-state index is 0.0140. The summed E-state index contributed by atoms with van der Waals surface area (Å²) in [7, 11) is 1.86. The van der Waals surface area contributed by atoms with Gasteiger partial charge in [0, 0.05) is 44.0 Å². The summed E-state index contributed by atoms with van der Waals surface area (Å²) in [6, 6.07) is 4.27. The van der Waals surface area contributed by atoms with E-state index < -0.39 is 0 Å². The van der Waals surface area contributed by atoms with Crippen LogP contribution in [0.25, 0.3) is 0 Å². The molecule has 5 nitrogen and oxygen atoms in total. The molecule has 0 amide bonds. The van der Waals surface area contributed by atoms with Crippen molar-refractivity contribution in [1.82, 2.24) is 14.9 Å². The maximum atomic E-state index is 5.88. The van der Waals surface area contributed by atoms with Gasteiger partial charge in [0.25, 0.3) is 0 Å². The predicted octanol–water partition coefficient (Wildman–Crippen LogP) is 2.15. The van der Waals surface area contributed by atoms with Crippen molar-refractivity contribution in [2.45, 2.75) is 12.6 Å². The molecule has 106 valence electrons. The second-order valence-electron chi connectivity index (χ2n) is 4.71. The van der Waals surface area contributed by atoms with Crippen molar-refractivity contribution in [1.29, 1.82) is 0 Å². The largest absolute Gasteiger partial charge is 0.372 e. The second-order valence-corrected chi connectivity index (χ2v) is 5.75. The molecule has 0 unspecified atom stereocenters. The van der Waals surface area contributed by atoms with Crippen LogP contribution in [0.3, 0.4) is 0 Å². The van der Waals surface area contributed by atoms with E-state index in [2.05, 4.69) is 37.7 Å². The predicted molar refractivity (Wildman–Crippen MR) is 79.9 cm³/mol. The third-order valence-corrected chi connectivity index (χ3v) is 4.24. The Labute approximate surface area is 122 Å². The Hall–Kier alpha value is -1.50. The van der Waals surface area contributed by atoms with E-state index in [0.29, 0.717) is 0 Å². The average molecular weight is 290 g/mol. The molecule has 0 saturated carbocycles.